The van der Waals surface area contributed by atoms with Crippen LogP contribution in [0.5, 0.6) is 0 Å². The Hall–Kier alpha value is -2.08. The summed E-state index contributed by atoms with van der Waals surface area (Å²) in [4.78, 5) is 18.4. The summed E-state index contributed by atoms with van der Waals surface area (Å²) in [6.07, 6.45) is 2.43. The maximum Gasteiger partial charge on any atom is 0.340 e. The number of aryl methyl sites for hydroxylation is 1. The molecule has 2 rings (SSSR count). The maximum absolute atomic E-state index is 11.6. The Morgan fingerprint density at radius 1 is 1.48 bits per heavy atom. The van der Waals surface area contributed by atoms with E-state index in [0.29, 0.717) is 17.1 Å². The summed E-state index contributed by atoms with van der Waals surface area (Å²) in [7, 11) is 1.33. The minimum absolute atomic E-state index is 0.158. The topological polar surface area (TPSA) is 77.2 Å². The lowest BCUT2D eigenvalue weighted by atomic mass is 10.2. The number of thiophene rings is 1. The summed E-state index contributed by atoms with van der Waals surface area (Å²) < 4.78 is 4.70. The van der Waals surface area contributed by atoms with Crippen molar-refractivity contribution < 1.29 is 9.53 Å². The van der Waals surface area contributed by atoms with Gasteiger partial charge < -0.3 is 15.8 Å². The Morgan fingerprint density at radius 2 is 2.24 bits per heavy atom. The first-order valence-corrected chi connectivity index (χ1v) is 7.47. The third-order valence-electron chi connectivity index (χ3n) is 3.08. The van der Waals surface area contributed by atoms with E-state index in [4.69, 9.17) is 10.5 Å². The van der Waals surface area contributed by atoms with Gasteiger partial charge in [-0.3, -0.25) is 0 Å². The van der Waals surface area contributed by atoms with Crippen LogP contribution < -0.4 is 11.1 Å². The highest BCUT2D eigenvalue weighted by atomic mass is 32.1. The van der Waals surface area contributed by atoms with Gasteiger partial charge in [0.2, 0.25) is 0 Å². The highest BCUT2D eigenvalue weighted by Gasteiger charge is 2.15. The molecule has 5 nitrogen and oxygen atoms in total. The fourth-order valence-corrected chi connectivity index (χ4v) is 3.08. The Morgan fingerprint density at radius 3 is 2.86 bits per heavy atom. The molecular formula is C15H19N3O2S. The number of nitrogens with one attached hydrogen (secondary N) is 1. The summed E-state index contributed by atoms with van der Waals surface area (Å²) in [5.74, 6) is 0.0539. The van der Waals surface area contributed by atoms with Crippen LogP contribution in [-0.4, -0.2) is 24.1 Å². The van der Waals surface area contributed by atoms with Gasteiger partial charge in [-0.25, -0.2) is 9.78 Å². The molecule has 2 aromatic heterocycles. The molecule has 2 aromatic rings. The lowest BCUT2D eigenvalue weighted by Crippen LogP contribution is -2.20. The molecule has 0 saturated carbocycles. The lowest BCUT2D eigenvalue weighted by Gasteiger charge is -2.16. The molecule has 1 atom stereocenters. The molecule has 2 heterocycles. The highest BCUT2D eigenvalue weighted by Crippen LogP contribution is 2.23. The number of anilines is 2. The number of rotatable bonds is 5. The van der Waals surface area contributed by atoms with Gasteiger partial charge in [0.25, 0.3) is 0 Å². The molecule has 1 unspecified atom stereocenters. The van der Waals surface area contributed by atoms with Crippen molar-refractivity contribution >= 4 is 28.8 Å². The Bertz CT molecular complexity index is 640. The van der Waals surface area contributed by atoms with Crippen molar-refractivity contribution in [3.63, 3.8) is 0 Å². The molecule has 3 N–H and O–H groups in total. The number of aromatic nitrogens is 1. The number of nitrogens with two attached hydrogens (primary N) is 1. The number of methoxy groups -OCH3 is 1. The predicted molar refractivity (Wildman–Crippen MR) is 85.8 cm³/mol. The van der Waals surface area contributed by atoms with Crippen LogP contribution in [0.4, 0.5) is 11.5 Å². The van der Waals surface area contributed by atoms with E-state index in [1.54, 1.807) is 23.6 Å². The third kappa shape index (κ3) is 3.72. The highest BCUT2D eigenvalue weighted by molar-refractivity contribution is 7.11. The molecule has 112 valence electrons. The van der Waals surface area contributed by atoms with Gasteiger partial charge in [-0.1, -0.05) is 0 Å². The van der Waals surface area contributed by atoms with Crippen molar-refractivity contribution in [2.24, 2.45) is 0 Å². The number of pyridine rings is 1. The van der Waals surface area contributed by atoms with Crippen molar-refractivity contribution in [1.29, 1.82) is 0 Å². The zero-order valence-electron chi connectivity index (χ0n) is 12.3. The number of nitrogens with zero attached hydrogens (tertiary/aromatic N) is 1. The molecule has 0 aliphatic rings. The van der Waals surface area contributed by atoms with Crippen LogP contribution in [0, 0.1) is 6.92 Å². The largest absolute Gasteiger partial charge is 0.465 e. The first-order chi connectivity index (χ1) is 10.0. The summed E-state index contributed by atoms with van der Waals surface area (Å²) in [6, 6.07) is 5.95. The number of esters is 1. The van der Waals surface area contributed by atoms with Crippen molar-refractivity contribution in [2.45, 2.75) is 26.3 Å². The molecule has 0 bridgehead atoms. The van der Waals surface area contributed by atoms with Gasteiger partial charge in [-0.2, -0.15) is 0 Å². The second kappa shape index (κ2) is 6.58. The number of carbonyl (C=O) groups is 1. The minimum Gasteiger partial charge on any atom is -0.465 e. The Labute approximate surface area is 128 Å². The number of nitrogen functional groups attached to an aromatic ring is 1. The van der Waals surface area contributed by atoms with Crippen LogP contribution in [0.1, 0.15) is 27.0 Å². The second-order valence-corrected chi connectivity index (χ2v) is 6.25. The van der Waals surface area contributed by atoms with Gasteiger partial charge in [-0.15, -0.1) is 11.3 Å². The molecular weight excluding hydrogens is 286 g/mol. The van der Waals surface area contributed by atoms with Crippen LogP contribution >= 0.6 is 11.3 Å². The lowest BCUT2D eigenvalue weighted by molar-refractivity contribution is 0.0602. The fourth-order valence-electron chi connectivity index (χ4n) is 2.06. The molecule has 6 heteroatoms. The molecule has 21 heavy (non-hydrogen) atoms. The summed E-state index contributed by atoms with van der Waals surface area (Å²) in [6.45, 7) is 4.15. The van der Waals surface area contributed by atoms with E-state index >= 15 is 0 Å². The quantitative estimate of drug-likeness (QED) is 0.831. The van der Waals surface area contributed by atoms with E-state index in [2.05, 4.69) is 36.3 Å². The molecule has 0 aliphatic heterocycles. The van der Waals surface area contributed by atoms with Crippen molar-refractivity contribution in [1.82, 2.24) is 4.98 Å². The number of hydrogen-bond acceptors (Lipinski definition) is 6. The first kappa shape index (κ1) is 15.3. The molecule has 0 saturated heterocycles. The number of hydrogen-bond donors (Lipinski definition) is 2. The normalized spacial score (nSPS) is 12.0. The summed E-state index contributed by atoms with van der Waals surface area (Å²) in [5, 5.41) is 3.25. The molecule has 0 fully saturated rings. The standard InChI is InChI=1S/C15H19N3O2S/c1-9(8-11-5-4-10(2)21-11)18-14-13(16)12(6-7-17-14)15(19)20-3/h4-7,9H,8,16H2,1-3H3,(H,17,18). The van der Waals surface area contributed by atoms with Gasteiger partial charge in [0, 0.05) is 28.4 Å². The van der Waals surface area contributed by atoms with Crippen LogP contribution in [-0.2, 0) is 11.2 Å². The van der Waals surface area contributed by atoms with E-state index < -0.39 is 5.97 Å². The maximum atomic E-state index is 11.6. The van der Waals surface area contributed by atoms with Crippen LogP contribution in [0.25, 0.3) is 0 Å². The Balaban J connectivity index is 2.10. The molecule has 0 aliphatic carbocycles. The number of carbonyl (C=O) groups excluding carboxylic acids is 1. The van der Waals surface area contributed by atoms with Crippen LogP contribution in [0.3, 0.4) is 0 Å². The zero-order chi connectivity index (χ0) is 15.4. The Kier molecular flexibility index (Phi) is 4.80. The molecule has 0 aromatic carbocycles. The summed E-state index contributed by atoms with van der Waals surface area (Å²) >= 11 is 1.78. The predicted octanol–water partition coefficient (Wildman–Crippen LogP) is 2.86. The van der Waals surface area contributed by atoms with Gasteiger partial charge in [-0.05, 0) is 32.0 Å². The van der Waals surface area contributed by atoms with Crippen molar-refractivity contribution in [2.75, 3.05) is 18.2 Å². The van der Waals surface area contributed by atoms with Crippen molar-refractivity contribution in [3.05, 3.63) is 39.7 Å². The van der Waals surface area contributed by atoms with Crippen molar-refractivity contribution in [3.8, 4) is 0 Å². The van der Waals surface area contributed by atoms with Gasteiger partial charge in [0.1, 0.15) is 5.82 Å². The third-order valence-corrected chi connectivity index (χ3v) is 4.10. The van der Waals surface area contributed by atoms with E-state index in [1.165, 1.54) is 16.9 Å². The van der Waals surface area contributed by atoms with Gasteiger partial charge >= 0.3 is 5.97 Å². The van der Waals surface area contributed by atoms with E-state index in [-0.39, 0.29) is 6.04 Å². The van der Waals surface area contributed by atoms with E-state index in [0.717, 1.165) is 6.42 Å². The van der Waals surface area contributed by atoms with Gasteiger partial charge in [0.05, 0.1) is 18.4 Å². The fraction of sp³-hybridized carbons (Fsp3) is 0.333. The average molecular weight is 305 g/mol. The van der Waals surface area contributed by atoms with Crippen LogP contribution in [0.2, 0.25) is 0 Å². The monoisotopic (exact) mass is 305 g/mol. The zero-order valence-corrected chi connectivity index (χ0v) is 13.2. The molecule has 0 radical (unpaired) electrons. The van der Waals surface area contributed by atoms with E-state index in [9.17, 15) is 4.79 Å². The average Bonchev–Trinajstić information content (AvgIpc) is 2.85. The molecule has 0 amide bonds. The SMILES string of the molecule is COC(=O)c1ccnc(NC(C)Cc2ccc(C)s2)c1N. The first-order valence-electron chi connectivity index (χ1n) is 6.66. The van der Waals surface area contributed by atoms with Crippen LogP contribution in [0.15, 0.2) is 24.4 Å². The smallest absolute Gasteiger partial charge is 0.340 e. The van der Waals surface area contributed by atoms with E-state index in [1.807, 2.05) is 0 Å². The minimum atomic E-state index is -0.459. The second-order valence-electron chi connectivity index (χ2n) is 4.87. The summed E-state index contributed by atoms with van der Waals surface area (Å²) in [5.41, 5.74) is 6.63. The molecule has 0 spiro atoms. The number of ether oxygens (including phenoxy) is 1. The van der Waals surface area contributed by atoms with Gasteiger partial charge in [0.15, 0.2) is 0 Å².